The fourth-order valence-corrected chi connectivity index (χ4v) is 1.07. The van der Waals surface area contributed by atoms with Gasteiger partial charge in [0.2, 0.25) is 0 Å². The molecule has 0 radical (unpaired) electrons. The first-order chi connectivity index (χ1) is 5.34. The van der Waals surface area contributed by atoms with Gasteiger partial charge in [-0.3, -0.25) is 0 Å². The van der Waals surface area contributed by atoms with E-state index >= 15 is 0 Å². The van der Waals surface area contributed by atoms with Gasteiger partial charge in [-0.05, 0) is 5.56 Å². The van der Waals surface area contributed by atoms with Crippen LogP contribution in [-0.2, 0) is 11.2 Å². The minimum atomic E-state index is 0. The molecule has 0 aliphatic carbocycles. The molecule has 1 aliphatic heterocycles. The van der Waals surface area contributed by atoms with Crippen LogP contribution in [-0.4, -0.2) is 12.7 Å². The molecule has 1 aromatic rings. The molecule has 1 fully saturated rings. The van der Waals surface area contributed by atoms with Crippen molar-refractivity contribution in [3.63, 3.8) is 0 Å². The summed E-state index contributed by atoms with van der Waals surface area (Å²) in [6.07, 6.45) is 1.35. The van der Waals surface area contributed by atoms with Crippen LogP contribution in [0.15, 0.2) is 24.3 Å². The van der Waals surface area contributed by atoms with Crippen LogP contribution >= 0.6 is 0 Å². The molecule has 1 unspecified atom stereocenters. The molecule has 0 amide bonds. The van der Waals surface area contributed by atoms with Gasteiger partial charge in [-0.1, -0.05) is 24.3 Å². The molecule has 1 heterocycles. The monoisotopic (exact) mass is 172 g/mol. The average Bonchev–Trinajstić information content (AvgIpc) is 2.78. The molecule has 2 nitrogen and oxygen atoms in total. The van der Waals surface area contributed by atoms with E-state index in [2.05, 4.69) is 0 Å². The van der Waals surface area contributed by atoms with E-state index < -0.39 is 0 Å². The van der Waals surface area contributed by atoms with Gasteiger partial charge < -0.3 is 9.84 Å². The van der Waals surface area contributed by atoms with Crippen LogP contribution < -0.4 is 34.7 Å². The topological polar surface area (TPSA) is 35.6 Å². The maximum Gasteiger partial charge on any atom is 1.00 e. The van der Waals surface area contributed by atoms with Gasteiger partial charge in [0.15, 0.2) is 0 Å². The van der Waals surface area contributed by atoms with E-state index in [1.165, 1.54) is 5.56 Å². The molecule has 1 saturated heterocycles. The fraction of sp³-hybridized carbons (Fsp3) is 0.333. The molecule has 3 heteroatoms. The summed E-state index contributed by atoms with van der Waals surface area (Å²) in [6, 6.07) is 6.92. The van der Waals surface area contributed by atoms with Crippen molar-refractivity contribution in [2.45, 2.75) is 12.5 Å². The molecule has 0 aromatic heterocycles. The normalized spacial score (nSPS) is 19.8. The second-order valence-corrected chi connectivity index (χ2v) is 2.80. The molecule has 0 N–H and O–H groups in total. The molecule has 58 valence electrons. The first-order valence-corrected chi connectivity index (χ1v) is 3.72. The first-order valence-electron chi connectivity index (χ1n) is 3.72. The van der Waals surface area contributed by atoms with E-state index in [1.54, 1.807) is 12.1 Å². The molecule has 1 aromatic carbocycles. The van der Waals surface area contributed by atoms with Gasteiger partial charge in [0.25, 0.3) is 0 Å². The van der Waals surface area contributed by atoms with Gasteiger partial charge in [0.1, 0.15) is 0 Å². The van der Waals surface area contributed by atoms with E-state index in [0.29, 0.717) is 6.10 Å². The zero-order valence-corrected chi connectivity index (χ0v) is 9.12. The van der Waals surface area contributed by atoms with Gasteiger partial charge in [0.05, 0.1) is 12.7 Å². The fourth-order valence-electron chi connectivity index (χ4n) is 1.07. The zero-order chi connectivity index (χ0) is 7.68. The van der Waals surface area contributed by atoms with Crippen molar-refractivity contribution < 1.29 is 39.4 Å². The van der Waals surface area contributed by atoms with E-state index in [-0.39, 0.29) is 35.3 Å². The Morgan fingerprint density at radius 2 is 1.92 bits per heavy atom. The van der Waals surface area contributed by atoms with Crippen molar-refractivity contribution in [2.24, 2.45) is 0 Å². The summed E-state index contributed by atoms with van der Waals surface area (Å²) in [4.78, 5) is 0. The van der Waals surface area contributed by atoms with E-state index in [0.717, 1.165) is 13.0 Å². The third-order valence-corrected chi connectivity index (χ3v) is 1.79. The van der Waals surface area contributed by atoms with Crippen LogP contribution in [0.4, 0.5) is 0 Å². The summed E-state index contributed by atoms with van der Waals surface area (Å²) in [6.45, 7) is 0.874. The Balaban J connectivity index is 0.000000720. The van der Waals surface area contributed by atoms with Crippen LogP contribution in [0.3, 0.4) is 0 Å². The summed E-state index contributed by atoms with van der Waals surface area (Å²) in [5, 5.41) is 10.7. The van der Waals surface area contributed by atoms with E-state index in [1.807, 2.05) is 12.1 Å². The van der Waals surface area contributed by atoms with Crippen molar-refractivity contribution >= 4 is 0 Å². The number of rotatable bonds is 2. The number of hydrogen-bond acceptors (Lipinski definition) is 2. The molecule has 12 heavy (non-hydrogen) atoms. The number of epoxide rings is 1. The summed E-state index contributed by atoms with van der Waals surface area (Å²) in [5.74, 6) is 0.0745. The molecule has 0 bridgehead atoms. The van der Waals surface area contributed by atoms with E-state index in [4.69, 9.17) is 4.74 Å². The Kier molecular flexibility index (Phi) is 3.59. The Labute approximate surface area is 93.8 Å². The van der Waals surface area contributed by atoms with Crippen LogP contribution in [0.25, 0.3) is 0 Å². The van der Waals surface area contributed by atoms with Crippen molar-refractivity contribution in [2.75, 3.05) is 6.61 Å². The Bertz CT molecular complexity index is 241. The summed E-state index contributed by atoms with van der Waals surface area (Å²) < 4.78 is 5.06. The SMILES string of the molecule is [Na+].[O-]c1ccc(CC2CO2)cc1. The van der Waals surface area contributed by atoms with Gasteiger partial charge in [-0.15, -0.1) is 5.75 Å². The summed E-state index contributed by atoms with van der Waals surface area (Å²) in [7, 11) is 0. The third-order valence-electron chi connectivity index (χ3n) is 1.79. The predicted molar refractivity (Wildman–Crippen MR) is 39.3 cm³/mol. The maximum absolute atomic E-state index is 10.7. The Hall–Kier alpha value is -0.0200. The molecular weight excluding hydrogens is 163 g/mol. The van der Waals surface area contributed by atoms with Gasteiger partial charge in [0, 0.05) is 6.42 Å². The van der Waals surface area contributed by atoms with Crippen molar-refractivity contribution in [1.29, 1.82) is 0 Å². The predicted octanol–water partition coefficient (Wildman–Crippen LogP) is -2.29. The maximum atomic E-state index is 10.7. The Morgan fingerprint density at radius 1 is 1.33 bits per heavy atom. The second kappa shape index (κ2) is 4.28. The molecule has 0 saturated carbocycles. The quantitative estimate of drug-likeness (QED) is 0.372. The number of benzene rings is 1. The summed E-state index contributed by atoms with van der Waals surface area (Å²) in [5.41, 5.74) is 1.19. The average molecular weight is 172 g/mol. The van der Waals surface area contributed by atoms with E-state index in [9.17, 15) is 5.11 Å². The van der Waals surface area contributed by atoms with Crippen molar-refractivity contribution in [1.82, 2.24) is 0 Å². The molecule has 1 aliphatic rings. The third kappa shape index (κ3) is 2.79. The largest absolute Gasteiger partial charge is 1.00 e. The smallest absolute Gasteiger partial charge is 0.872 e. The molecule has 1 atom stereocenters. The van der Waals surface area contributed by atoms with Crippen LogP contribution in [0.5, 0.6) is 5.75 Å². The molecule has 0 spiro atoms. The Morgan fingerprint density at radius 3 is 2.42 bits per heavy atom. The first kappa shape index (κ1) is 10.1. The van der Waals surface area contributed by atoms with Crippen molar-refractivity contribution in [3.05, 3.63) is 29.8 Å². The van der Waals surface area contributed by atoms with Gasteiger partial charge in [-0.2, -0.15) is 0 Å². The van der Waals surface area contributed by atoms with Gasteiger partial charge >= 0.3 is 29.6 Å². The van der Waals surface area contributed by atoms with Crippen LogP contribution in [0, 0.1) is 0 Å². The molecular formula is C9H9NaO2. The zero-order valence-electron chi connectivity index (χ0n) is 7.12. The van der Waals surface area contributed by atoms with Crippen LogP contribution in [0.2, 0.25) is 0 Å². The minimum absolute atomic E-state index is 0. The standard InChI is InChI=1S/C9H10O2.Na/c10-8-3-1-7(2-4-8)5-9-6-11-9;/h1-4,9-10H,5-6H2;/q;+1/p-1. The van der Waals surface area contributed by atoms with Crippen LogP contribution in [0.1, 0.15) is 5.56 Å². The second-order valence-electron chi connectivity index (χ2n) is 2.80. The van der Waals surface area contributed by atoms with Crippen molar-refractivity contribution in [3.8, 4) is 5.75 Å². The minimum Gasteiger partial charge on any atom is -0.872 e. The van der Waals surface area contributed by atoms with Gasteiger partial charge in [-0.25, -0.2) is 0 Å². The number of hydrogen-bond donors (Lipinski definition) is 0. The number of ether oxygens (including phenoxy) is 1. The molecule has 2 rings (SSSR count). The summed E-state index contributed by atoms with van der Waals surface area (Å²) >= 11 is 0.